The average Bonchev–Trinajstić information content (AvgIpc) is 2.87. The molecule has 9 heteroatoms. The maximum Gasteiger partial charge on any atom is 0.305 e. The number of phenolic OH excluding ortho intramolecular Hbond substituents is 1. The van der Waals surface area contributed by atoms with Crippen molar-refractivity contribution in [2.75, 3.05) is 18.4 Å². The van der Waals surface area contributed by atoms with Gasteiger partial charge in [0.05, 0.1) is 19.0 Å². The topological polar surface area (TPSA) is 141 Å². The minimum absolute atomic E-state index is 0.171. The molecular formula is C28H32N4O5. The molecule has 0 saturated heterocycles. The molecular weight excluding hydrogens is 472 g/mol. The summed E-state index contributed by atoms with van der Waals surface area (Å²) in [6.07, 6.45) is 3.16. The van der Waals surface area contributed by atoms with E-state index in [-0.39, 0.29) is 31.0 Å². The van der Waals surface area contributed by atoms with E-state index in [1.54, 1.807) is 42.6 Å². The number of aryl methyl sites for hydroxylation is 1. The van der Waals surface area contributed by atoms with Crippen molar-refractivity contribution < 1.29 is 24.6 Å². The minimum atomic E-state index is -1.05. The van der Waals surface area contributed by atoms with E-state index in [4.69, 9.17) is 0 Å². The van der Waals surface area contributed by atoms with Gasteiger partial charge in [-0.25, -0.2) is 4.98 Å². The lowest BCUT2D eigenvalue weighted by Gasteiger charge is -2.18. The molecule has 5 N–H and O–H groups in total. The van der Waals surface area contributed by atoms with Crippen molar-refractivity contribution in [3.63, 3.8) is 0 Å². The number of anilines is 1. The Bertz CT molecular complexity index is 1200. The number of benzene rings is 2. The van der Waals surface area contributed by atoms with Crippen LogP contribution in [0.3, 0.4) is 0 Å². The highest BCUT2D eigenvalue weighted by Crippen LogP contribution is 2.25. The van der Waals surface area contributed by atoms with Crippen molar-refractivity contribution in [2.45, 2.75) is 38.6 Å². The molecule has 0 fully saturated rings. The van der Waals surface area contributed by atoms with Crippen LogP contribution in [0.15, 0.2) is 66.9 Å². The Morgan fingerprint density at radius 1 is 0.919 bits per heavy atom. The van der Waals surface area contributed by atoms with E-state index >= 15 is 0 Å². The van der Waals surface area contributed by atoms with E-state index in [0.29, 0.717) is 18.5 Å². The zero-order valence-corrected chi connectivity index (χ0v) is 20.7. The fraction of sp³-hybridized carbons (Fsp3) is 0.286. The van der Waals surface area contributed by atoms with Gasteiger partial charge in [-0.3, -0.25) is 14.4 Å². The number of rotatable bonds is 13. The van der Waals surface area contributed by atoms with Crippen LogP contribution in [0.1, 0.15) is 42.9 Å². The molecule has 0 saturated carbocycles. The lowest BCUT2D eigenvalue weighted by Crippen LogP contribution is -2.39. The number of aromatic hydroxyl groups is 1. The highest BCUT2D eigenvalue weighted by Gasteiger charge is 2.18. The zero-order valence-electron chi connectivity index (χ0n) is 20.7. The predicted molar refractivity (Wildman–Crippen MR) is 141 cm³/mol. The summed E-state index contributed by atoms with van der Waals surface area (Å²) in [5, 5.41) is 27.3. The molecule has 2 amide bonds. The Kier molecular flexibility index (Phi) is 10.0. The number of pyridine rings is 1. The second-order valence-corrected chi connectivity index (χ2v) is 8.77. The van der Waals surface area contributed by atoms with E-state index in [9.17, 15) is 24.6 Å². The smallest absolute Gasteiger partial charge is 0.305 e. The van der Waals surface area contributed by atoms with Crippen LogP contribution in [0.5, 0.6) is 5.75 Å². The first-order valence-electron chi connectivity index (χ1n) is 12.1. The number of carboxylic acids is 1. The van der Waals surface area contributed by atoms with Gasteiger partial charge in [0.25, 0.3) is 0 Å². The van der Waals surface area contributed by atoms with E-state index in [1.165, 1.54) is 0 Å². The second kappa shape index (κ2) is 13.6. The van der Waals surface area contributed by atoms with Crippen LogP contribution in [0, 0.1) is 6.92 Å². The number of aromatic nitrogens is 1. The number of phenols is 1. The summed E-state index contributed by atoms with van der Waals surface area (Å²) >= 11 is 0. The molecule has 0 bridgehead atoms. The van der Waals surface area contributed by atoms with Gasteiger partial charge in [-0.15, -0.1) is 0 Å². The van der Waals surface area contributed by atoms with Gasteiger partial charge >= 0.3 is 5.97 Å². The summed E-state index contributed by atoms with van der Waals surface area (Å²) in [6, 6.07) is 17.0. The Balaban J connectivity index is 1.43. The zero-order chi connectivity index (χ0) is 26.6. The van der Waals surface area contributed by atoms with Crippen LogP contribution >= 0.6 is 0 Å². The highest BCUT2D eigenvalue weighted by molar-refractivity contribution is 5.85. The number of nitrogens with zero attached hydrogens (tertiary/aromatic N) is 1. The number of amides is 2. The molecule has 3 aromatic rings. The number of hydrogen-bond acceptors (Lipinski definition) is 6. The van der Waals surface area contributed by atoms with E-state index in [0.717, 1.165) is 28.9 Å². The van der Waals surface area contributed by atoms with Gasteiger partial charge < -0.3 is 26.2 Å². The third-order valence-corrected chi connectivity index (χ3v) is 5.73. The number of nitrogens with one attached hydrogen (secondary N) is 3. The van der Waals surface area contributed by atoms with Gasteiger partial charge in [0.2, 0.25) is 11.8 Å². The molecule has 1 heterocycles. The summed E-state index contributed by atoms with van der Waals surface area (Å²) in [5.41, 5.74) is 3.54. The van der Waals surface area contributed by atoms with Crippen LogP contribution in [0.2, 0.25) is 0 Å². The molecule has 37 heavy (non-hydrogen) atoms. The van der Waals surface area contributed by atoms with E-state index < -0.39 is 17.9 Å². The van der Waals surface area contributed by atoms with Crippen molar-refractivity contribution in [3.05, 3.63) is 78.0 Å². The predicted octanol–water partition coefficient (Wildman–Crippen LogP) is 3.79. The highest BCUT2D eigenvalue weighted by atomic mass is 16.4. The molecule has 0 aliphatic rings. The monoisotopic (exact) mass is 504 g/mol. The van der Waals surface area contributed by atoms with Crippen LogP contribution < -0.4 is 16.0 Å². The number of hydrogen-bond donors (Lipinski definition) is 5. The Morgan fingerprint density at radius 2 is 1.59 bits per heavy atom. The maximum absolute atomic E-state index is 12.4. The van der Waals surface area contributed by atoms with Gasteiger partial charge in [-0.05, 0) is 66.3 Å². The quantitative estimate of drug-likeness (QED) is 0.223. The van der Waals surface area contributed by atoms with Crippen molar-refractivity contribution in [1.82, 2.24) is 15.6 Å². The molecule has 0 aliphatic carbocycles. The van der Waals surface area contributed by atoms with Crippen molar-refractivity contribution in [3.8, 4) is 16.9 Å². The Labute approximate surface area is 216 Å². The van der Waals surface area contributed by atoms with Gasteiger partial charge in [-0.2, -0.15) is 0 Å². The molecule has 3 rings (SSSR count). The van der Waals surface area contributed by atoms with Crippen LogP contribution in [0.4, 0.5) is 5.82 Å². The van der Waals surface area contributed by atoms with Crippen molar-refractivity contribution in [1.29, 1.82) is 0 Å². The number of carbonyl (C=O) groups excluding carboxylic acids is 2. The standard InChI is InChI=1S/C28H32N4O5/c1-19-13-15-30-25(16-19)29-14-3-2-4-26(34)31-18-27(35)32-24(17-28(36)37)22-7-5-20(6-8-22)21-9-11-23(33)12-10-21/h5-13,15-16,24,33H,2-4,14,17-18H2,1H3,(H,29,30)(H,31,34)(H,32,35)(H,36,37)/t24-/m0/s1. The number of carbonyl (C=O) groups is 3. The molecule has 9 nitrogen and oxygen atoms in total. The molecule has 1 aromatic heterocycles. The second-order valence-electron chi connectivity index (χ2n) is 8.77. The number of carboxylic acid groups (broad SMARTS) is 1. The Hall–Kier alpha value is -4.40. The third-order valence-electron chi connectivity index (χ3n) is 5.73. The maximum atomic E-state index is 12.4. The first kappa shape index (κ1) is 27.2. The summed E-state index contributed by atoms with van der Waals surface area (Å²) in [4.78, 5) is 40.2. The normalized spacial score (nSPS) is 11.4. The molecule has 0 unspecified atom stereocenters. The molecule has 2 aromatic carbocycles. The van der Waals surface area contributed by atoms with Crippen molar-refractivity contribution in [2.24, 2.45) is 0 Å². The van der Waals surface area contributed by atoms with Crippen LogP contribution in [-0.4, -0.2) is 46.1 Å². The SMILES string of the molecule is Cc1ccnc(NCCCCC(=O)NCC(=O)N[C@@H](CC(=O)O)c2ccc(-c3ccc(O)cc3)cc2)c1. The first-order chi connectivity index (χ1) is 17.8. The minimum Gasteiger partial charge on any atom is -0.508 e. The summed E-state index contributed by atoms with van der Waals surface area (Å²) < 4.78 is 0. The molecule has 1 atom stereocenters. The first-order valence-corrected chi connectivity index (χ1v) is 12.1. The summed E-state index contributed by atoms with van der Waals surface area (Å²) in [6.45, 7) is 2.45. The summed E-state index contributed by atoms with van der Waals surface area (Å²) in [7, 11) is 0. The number of aliphatic carboxylic acids is 1. The lowest BCUT2D eigenvalue weighted by molar-refractivity contribution is -0.138. The third kappa shape index (κ3) is 9.29. The van der Waals surface area contributed by atoms with Crippen LogP contribution in [-0.2, 0) is 14.4 Å². The fourth-order valence-corrected chi connectivity index (χ4v) is 3.76. The van der Waals surface area contributed by atoms with Crippen LogP contribution in [0.25, 0.3) is 11.1 Å². The van der Waals surface area contributed by atoms with Crippen molar-refractivity contribution >= 4 is 23.6 Å². The van der Waals surface area contributed by atoms with Gasteiger partial charge in [0.15, 0.2) is 0 Å². The van der Waals surface area contributed by atoms with Gasteiger partial charge in [0.1, 0.15) is 11.6 Å². The fourth-order valence-electron chi connectivity index (χ4n) is 3.76. The Morgan fingerprint density at radius 3 is 2.24 bits per heavy atom. The summed E-state index contributed by atoms with van der Waals surface area (Å²) in [5.74, 6) is -0.783. The molecule has 194 valence electrons. The number of unbranched alkanes of at least 4 members (excludes halogenated alkanes) is 1. The molecule has 0 spiro atoms. The van der Waals surface area contributed by atoms with E-state index in [1.807, 2.05) is 31.2 Å². The van der Waals surface area contributed by atoms with Gasteiger partial charge in [0, 0.05) is 19.2 Å². The van der Waals surface area contributed by atoms with Gasteiger partial charge in [-0.1, -0.05) is 36.4 Å². The molecule has 0 radical (unpaired) electrons. The largest absolute Gasteiger partial charge is 0.508 e. The molecule has 0 aliphatic heterocycles. The van der Waals surface area contributed by atoms with E-state index in [2.05, 4.69) is 20.9 Å². The lowest BCUT2D eigenvalue weighted by atomic mass is 9.99. The average molecular weight is 505 g/mol.